The third kappa shape index (κ3) is 6.64. The van der Waals surface area contributed by atoms with Crippen LogP contribution in [0.3, 0.4) is 0 Å². The lowest BCUT2D eigenvalue weighted by atomic mass is 10.1. The summed E-state index contributed by atoms with van der Waals surface area (Å²) in [4.78, 5) is 29.7. The van der Waals surface area contributed by atoms with Crippen LogP contribution in [0.5, 0.6) is 0 Å². The average Bonchev–Trinajstić information content (AvgIpc) is 3.53. The number of amides is 2. The van der Waals surface area contributed by atoms with Crippen molar-refractivity contribution in [2.24, 2.45) is 0 Å². The van der Waals surface area contributed by atoms with Gasteiger partial charge in [-0.05, 0) is 48.0 Å². The largest absolute Gasteiger partial charge is 0.378 e. The standard InChI is InChI=1S/C32H30N6O3/c39-32(38-30(15-18-41-38)26-6-2-1-3-7-26)36-28-8-4-5-24(21-28)9-10-25-22-33-31(34-23-25)35-27-11-13-29(14-12-27)37-16-19-40-20-17-37/h1-8,11-14,21-23,30H,15-20H2,(H,36,39)(H,33,34,35)/t30-/m0/s1. The van der Waals surface area contributed by atoms with Crippen molar-refractivity contribution in [2.45, 2.75) is 12.5 Å². The zero-order chi connectivity index (χ0) is 27.9. The minimum atomic E-state index is -0.311. The third-order valence-corrected chi connectivity index (χ3v) is 6.91. The Morgan fingerprint density at radius 2 is 1.59 bits per heavy atom. The van der Waals surface area contributed by atoms with Gasteiger partial charge in [0.25, 0.3) is 0 Å². The molecule has 2 fully saturated rings. The molecule has 9 nitrogen and oxygen atoms in total. The number of ether oxygens (including phenoxy) is 1. The summed E-state index contributed by atoms with van der Waals surface area (Å²) in [6.45, 7) is 3.82. The summed E-state index contributed by atoms with van der Waals surface area (Å²) >= 11 is 0. The molecule has 0 radical (unpaired) electrons. The Labute approximate surface area is 239 Å². The van der Waals surface area contributed by atoms with E-state index in [1.807, 2.05) is 66.7 Å². The van der Waals surface area contributed by atoms with E-state index < -0.39 is 0 Å². The number of carbonyl (C=O) groups excluding carboxylic acids is 1. The van der Waals surface area contributed by atoms with Gasteiger partial charge in [0.05, 0.1) is 31.4 Å². The van der Waals surface area contributed by atoms with E-state index in [4.69, 9.17) is 9.57 Å². The SMILES string of the molecule is O=C(Nc1cccc(C#Cc2cnc(Nc3ccc(N4CCOCC4)cc3)nc2)c1)N1OCC[C@H]1c1ccccc1. The van der Waals surface area contributed by atoms with Crippen LogP contribution in [0.1, 0.15) is 29.2 Å². The molecule has 2 amide bonds. The van der Waals surface area contributed by atoms with Gasteiger partial charge >= 0.3 is 6.03 Å². The van der Waals surface area contributed by atoms with Gasteiger partial charge < -0.3 is 20.3 Å². The Kier molecular flexibility index (Phi) is 8.03. The maximum absolute atomic E-state index is 13.0. The second kappa shape index (κ2) is 12.5. The van der Waals surface area contributed by atoms with Crippen molar-refractivity contribution in [1.29, 1.82) is 0 Å². The van der Waals surface area contributed by atoms with Crippen molar-refractivity contribution < 1.29 is 14.4 Å². The Hall–Kier alpha value is -4.91. The molecule has 4 aromatic rings. The van der Waals surface area contributed by atoms with Crippen LogP contribution in [0.25, 0.3) is 0 Å². The van der Waals surface area contributed by atoms with Crippen LogP contribution in [0, 0.1) is 11.8 Å². The Balaban J connectivity index is 1.06. The van der Waals surface area contributed by atoms with Crippen molar-refractivity contribution in [3.8, 4) is 11.8 Å². The van der Waals surface area contributed by atoms with Crippen molar-refractivity contribution in [2.75, 3.05) is 48.4 Å². The second-order valence-electron chi connectivity index (χ2n) is 9.70. The molecule has 41 heavy (non-hydrogen) atoms. The molecule has 2 N–H and O–H groups in total. The number of hydrogen-bond acceptors (Lipinski definition) is 7. The molecule has 2 saturated heterocycles. The third-order valence-electron chi connectivity index (χ3n) is 6.91. The van der Waals surface area contributed by atoms with Gasteiger partial charge in [-0.25, -0.2) is 14.8 Å². The number of morpholine rings is 1. The van der Waals surface area contributed by atoms with Crippen LogP contribution in [-0.2, 0) is 9.57 Å². The van der Waals surface area contributed by atoms with Crippen LogP contribution >= 0.6 is 0 Å². The summed E-state index contributed by atoms with van der Waals surface area (Å²) in [7, 11) is 0. The lowest BCUT2D eigenvalue weighted by molar-refractivity contribution is -0.0829. The van der Waals surface area contributed by atoms with Crippen LogP contribution < -0.4 is 15.5 Å². The number of nitrogens with zero attached hydrogens (tertiary/aromatic N) is 4. The fourth-order valence-corrected chi connectivity index (χ4v) is 4.81. The van der Waals surface area contributed by atoms with Crippen molar-refractivity contribution in [3.05, 3.63) is 108 Å². The highest BCUT2D eigenvalue weighted by molar-refractivity contribution is 5.89. The molecule has 3 heterocycles. The topological polar surface area (TPSA) is 91.9 Å². The normalized spacial score (nSPS) is 16.5. The molecule has 0 spiro atoms. The predicted molar refractivity (Wildman–Crippen MR) is 158 cm³/mol. The number of urea groups is 1. The number of nitrogens with one attached hydrogen (secondary N) is 2. The first-order valence-corrected chi connectivity index (χ1v) is 13.6. The summed E-state index contributed by atoms with van der Waals surface area (Å²) in [5.74, 6) is 6.72. The van der Waals surface area contributed by atoms with Crippen molar-refractivity contribution in [3.63, 3.8) is 0 Å². The molecule has 206 valence electrons. The van der Waals surface area contributed by atoms with Gasteiger partial charge in [-0.2, -0.15) is 5.06 Å². The van der Waals surface area contributed by atoms with Gasteiger partial charge in [0.15, 0.2) is 0 Å². The van der Waals surface area contributed by atoms with E-state index in [9.17, 15) is 4.79 Å². The Bertz CT molecular complexity index is 1530. The molecule has 1 atom stereocenters. The minimum Gasteiger partial charge on any atom is -0.378 e. The lowest BCUT2D eigenvalue weighted by Gasteiger charge is -2.28. The van der Waals surface area contributed by atoms with Gasteiger partial charge in [-0.3, -0.25) is 4.84 Å². The van der Waals surface area contributed by atoms with Gasteiger partial charge in [0, 0.05) is 54.5 Å². The molecule has 0 bridgehead atoms. The number of hydrogen-bond donors (Lipinski definition) is 2. The minimum absolute atomic E-state index is 0.119. The highest BCUT2D eigenvalue weighted by atomic mass is 16.7. The van der Waals surface area contributed by atoms with Crippen molar-refractivity contribution in [1.82, 2.24) is 15.0 Å². The number of rotatable bonds is 5. The quantitative estimate of drug-likeness (QED) is 0.325. The summed E-state index contributed by atoms with van der Waals surface area (Å²) < 4.78 is 5.43. The lowest BCUT2D eigenvalue weighted by Crippen LogP contribution is -2.36. The van der Waals surface area contributed by atoms with Crippen LogP contribution in [0.2, 0.25) is 0 Å². The van der Waals surface area contributed by atoms with E-state index in [1.54, 1.807) is 12.4 Å². The van der Waals surface area contributed by atoms with E-state index in [0.29, 0.717) is 23.8 Å². The average molecular weight is 547 g/mol. The highest BCUT2D eigenvalue weighted by Crippen LogP contribution is 2.30. The first kappa shape index (κ1) is 26.3. The molecule has 2 aliphatic heterocycles. The zero-order valence-corrected chi connectivity index (χ0v) is 22.5. The summed E-state index contributed by atoms with van der Waals surface area (Å²) in [5, 5.41) is 7.57. The van der Waals surface area contributed by atoms with E-state index >= 15 is 0 Å². The molecule has 1 aromatic heterocycles. The van der Waals surface area contributed by atoms with Crippen LogP contribution in [0.15, 0.2) is 91.3 Å². The van der Waals surface area contributed by atoms with Gasteiger partial charge in [-0.1, -0.05) is 48.2 Å². The molecule has 2 aliphatic rings. The first-order chi connectivity index (χ1) is 20.2. The number of aromatic nitrogens is 2. The van der Waals surface area contributed by atoms with Gasteiger partial charge in [0.2, 0.25) is 5.95 Å². The molecule has 0 aliphatic carbocycles. The van der Waals surface area contributed by atoms with Gasteiger partial charge in [0.1, 0.15) is 0 Å². The monoisotopic (exact) mass is 546 g/mol. The van der Waals surface area contributed by atoms with Crippen LogP contribution in [-0.4, -0.2) is 54.0 Å². The summed E-state index contributed by atoms with van der Waals surface area (Å²) in [6, 6.07) is 25.1. The Morgan fingerprint density at radius 3 is 2.37 bits per heavy atom. The number of carbonyl (C=O) groups is 1. The second-order valence-corrected chi connectivity index (χ2v) is 9.70. The fraction of sp³-hybridized carbons (Fsp3) is 0.219. The van der Waals surface area contributed by atoms with E-state index in [-0.39, 0.29) is 12.1 Å². The molecule has 3 aromatic carbocycles. The number of anilines is 4. The molecular formula is C32H30N6O3. The highest BCUT2D eigenvalue weighted by Gasteiger charge is 2.31. The summed E-state index contributed by atoms with van der Waals surface area (Å²) in [6.07, 6.45) is 4.12. The maximum Gasteiger partial charge on any atom is 0.346 e. The van der Waals surface area contributed by atoms with E-state index in [0.717, 1.165) is 49.5 Å². The zero-order valence-electron chi connectivity index (χ0n) is 22.5. The fourth-order valence-electron chi connectivity index (χ4n) is 4.81. The molecular weight excluding hydrogens is 516 g/mol. The predicted octanol–water partition coefficient (Wildman–Crippen LogP) is 5.37. The Morgan fingerprint density at radius 1 is 0.829 bits per heavy atom. The molecule has 0 unspecified atom stereocenters. The maximum atomic E-state index is 13.0. The number of benzene rings is 3. The molecule has 9 heteroatoms. The van der Waals surface area contributed by atoms with Gasteiger partial charge in [-0.15, -0.1) is 0 Å². The molecule has 6 rings (SSSR count). The van der Waals surface area contributed by atoms with E-state index in [2.05, 4.69) is 49.5 Å². The van der Waals surface area contributed by atoms with E-state index in [1.165, 1.54) is 10.8 Å². The number of hydroxylamine groups is 2. The van der Waals surface area contributed by atoms with Crippen LogP contribution in [0.4, 0.5) is 27.8 Å². The first-order valence-electron chi connectivity index (χ1n) is 13.6. The smallest absolute Gasteiger partial charge is 0.346 e. The molecule has 0 saturated carbocycles. The van der Waals surface area contributed by atoms with Crippen molar-refractivity contribution >= 4 is 29.0 Å². The summed E-state index contributed by atoms with van der Waals surface area (Å²) in [5.41, 5.74) is 5.21.